The molecule has 0 radical (unpaired) electrons. The van der Waals surface area contributed by atoms with E-state index in [1.165, 1.54) is 110 Å². The first-order chi connectivity index (χ1) is 24.8. The van der Waals surface area contributed by atoms with Crippen LogP contribution in [-0.2, 0) is 10.8 Å². The molecular formula is C48H38N2S. The predicted molar refractivity (Wildman–Crippen MR) is 221 cm³/mol. The number of thiophene rings is 1. The SMILES string of the molecule is CC1(C)CCC(C)(C)c2cc3c(cc21)c1cc2c(cc1n3-c1cccc3sc4ccccc4c13)c1c3ccccc3ccc1n2-c1ccccc1. The summed E-state index contributed by atoms with van der Waals surface area (Å²) in [5.74, 6) is 0. The van der Waals surface area contributed by atoms with Gasteiger partial charge in [0.05, 0.1) is 27.8 Å². The molecule has 0 atom stereocenters. The molecule has 2 nitrogen and oxygen atoms in total. The highest BCUT2D eigenvalue weighted by atomic mass is 32.1. The molecule has 3 aromatic heterocycles. The third kappa shape index (κ3) is 3.98. The summed E-state index contributed by atoms with van der Waals surface area (Å²) in [5.41, 5.74) is 10.7. The molecule has 0 amide bonds. The fourth-order valence-corrected chi connectivity index (χ4v) is 10.5. The van der Waals surface area contributed by atoms with E-state index in [0.29, 0.717) is 0 Å². The van der Waals surface area contributed by atoms with Crippen molar-refractivity contribution in [3.8, 4) is 11.4 Å². The van der Waals surface area contributed by atoms with Crippen LogP contribution in [0.1, 0.15) is 51.7 Å². The van der Waals surface area contributed by atoms with Gasteiger partial charge in [-0.05, 0) is 106 Å². The van der Waals surface area contributed by atoms with Crippen LogP contribution in [0.3, 0.4) is 0 Å². The van der Waals surface area contributed by atoms with Crippen LogP contribution in [-0.4, -0.2) is 9.13 Å². The summed E-state index contributed by atoms with van der Waals surface area (Å²) in [7, 11) is 0. The normalized spacial score (nSPS) is 15.6. The van der Waals surface area contributed by atoms with Crippen LogP contribution in [0.15, 0.2) is 133 Å². The summed E-state index contributed by atoms with van der Waals surface area (Å²) < 4.78 is 7.76. The number of nitrogens with zero attached hydrogens (tertiary/aromatic N) is 2. The first-order valence-corrected chi connectivity index (χ1v) is 19.1. The van der Waals surface area contributed by atoms with E-state index in [9.17, 15) is 0 Å². The molecule has 0 spiro atoms. The van der Waals surface area contributed by atoms with Crippen molar-refractivity contribution in [2.24, 2.45) is 0 Å². The van der Waals surface area contributed by atoms with Crippen LogP contribution in [0, 0.1) is 0 Å². The molecule has 0 N–H and O–H groups in total. The lowest BCUT2D eigenvalue weighted by Crippen LogP contribution is -2.33. The smallest absolute Gasteiger partial charge is 0.0555 e. The topological polar surface area (TPSA) is 9.86 Å². The standard InChI is InChI=1S/C48H38N2S/c1-47(2)23-24-48(3,4)37-28-42-33(25-36(37)47)34-26-41-35(27-40(34)50(42)38-18-12-20-44-46(38)32-17-10-11-19-43(32)51-44)45-31-16-9-8-13-29(31)21-22-39(45)49(41)30-14-6-5-7-15-30/h5-22,25-28H,23-24H2,1-4H3. The van der Waals surface area contributed by atoms with Crippen molar-refractivity contribution in [3.05, 3.63) is 145 Å². The van der Waals surface area contributed by atoms with E-state index in [-0.39, 0.29) is 10.8 Å². The van der Waals surface area contributed by atoms with Gasteiger partial charge in [0.15, 0.2) is 0 Å². The van der Waals surface area contributed by atoms with Crippen molar-refractivity contribution in [3.63, 3.8) is 0 Å². The number of fused-ring (bicyclic) bond motifs is 12. The average molecular weight is 675 g/mol. The Labute approximate surface area is 301 Å². The van der Waals surface area contributed by atoms with Gasteiger partial charge in [0.1, 0.15) is 0 Å². The van der Waals surface area contributed by atoms with Crippen LogP contribution in [0.2, 0.25) is 0 Å². The van der Waals surface area contributed by atoms with Gasteiger partial charge in [-0.15, -0.1) is 11.3 Å². The Hall–Kier alpha value is -5.38. The first kappa shape index (κ1) is 29.4. The average Bonchev–Trinajstić information content (AvgIpc) is 3.80. The van der Waals surface area contributed by atoms with Gasteiger partial charge in [0.2, 0.25) is 0 Å². The Morgan fingerprint density at radius 1 is 0.451 bits per heavy atom. The van der Waals surface area contributed by atoms with Crippen LogP contribution in [0.5, 0.6) is 0 Å². The van der Waals surface area contributed by atoms with Gasteiger partial charge in [-0.1, -0.05) is 100 Å². The van der Waals surface area contributed by atoms with E-state index in [1.54, 1.807) is 0 Å². The van der Waals surface area contributed by atoms with E-state index in [4.69, 9.17) is 0 Å². The summed E-state index contributed by atoms with van der Waals surface area (Å²) in [4.78, 5) is 0. The molecule has 0 bridgehead atoms. The van der Waals surface area contributed by atoms with Crippen LogP contribution in [0.25, 0.3) is 85.9 Å². The molecule has 0 unspecified atom stereocenters. The highest BCUT2D eigenvalue weighted by Crippen LogP contribution is 2.50. The highest BCUT2D eigenvalue weighted by molar-refractivity contribution is 7.25. The maximum absolute atomic E-state index is 2.61. The zero-order chi connectivity index (χ0) is 34.2. The van der Waals surface area contributed by atoms with Crippen molar-refractivity contribution in [2.75, 3.05) is 0 Å². The van der Waals surface area contributed by atoms with Gasteiger partial charge in [-0.25, -0.2) is 0 Å². The number of benzene rings is 7. The minimum absolute atomic E-state index is 0.102. The molecule has 246 valence electrons. The molecule has 1 aliphatic carbocycles. The van der Waals surface area contributed by atoms with Gasteiger partial charge < -0.3 is 9.13 Å². The Morgan fingerprint density at radius 3 is 1.90 bits per heavy atom. The number of para-hydroxylation sites is 1. The molecule has 11 rings (SSSR count). The van der Waals surface area contributed by atoms with Crippen molar-refractivity contribution >= 4 is 85.9 Å². The second kappa shape index (κ2) is 10.1. The maximum Gasteiger partial charge on any atom is 0.0555 e. The molecule has 0 fully saturated rings. The number of hydrogen-bond acceptors (Lipinski definition) is 1. The lowest BCUT2D eigenvalue weighted by atomic mass is 9.63. The monoisotopic (exact) mass is 674 g/mol. The highest BCUT2D eigenvalue weighted by Gasteiger charge is 2.38. The van der Waals surface area contributed by atoms with Crippen LogP contribution in [0.4, 0.5) is 0 Å². The number of rotatable bonds is 2. The Kier molecular flexibility index (Phi) is 5.82. The van der Waals surface area contributed by atoms with Crippen molar-refractivity contribution in [2.45, 2.75) is 51.4 Å². The lowest BCUT2D eigenvalue weighted by molar-refractivity contribution is 0.332. The lowest BCUT2D eigenvalue weighted by Gasteiger charge is -2.42. The zero-order valence-corrected chi connectivity index (χ0v) is 30.2. The molecule has 3 heteroatoms. The minimum atomic E-state index is 0.102. The third-order valence-electron chi connectivity index (χ3n) is 12.1. The van der Waals surface area contributed by atoms with E-state index in [0.717, 1.165) is 0 Å². The van der Waals surface area contributed by atoms with E-state index >= 15 is 0 Å². The molecule has 0 saturated carbocycles. The third-order valence-corrected chi connectivity index (χ3v) is 13.3. The Bertz CT molecular complexity index is 3080. The fraction of sp³-hybridized carbons (Fsp3) is 0.167. The second-order valence-corrected chi connectivity index (χ2v) is 17.1. The van der Waals surface area contributed by atoms with Crippen molar-refractivity contribution < 1.29 is 0 Å². The van der Waals surface area contributed by atoms with Crippen LogP contribution >= 0.6 is 11.3 Å². The first-order valence-electron chi connectivity index (χ1n) is 18.2. The molecule has 10 aromatic rings. The van der Waals surface area contributed by atoms with E-state index in [2.05, 4.69) is 170 Å². The largest absolute Gasteiger partial charge is 0.309 e. The quantitative estimate of drug-likeness (QED) is 0.173. The fourth-order valence-electron chi connectivity index (χ4n) is 9.41. The predicted octanol–water partition coefficient (Wildman–Crippen LogP) is 13.8. The van der Waals surface area contributed by atoms with Gasteiger partial charge in [0.25, 0.3) is 0 Å². The number of aromatic nitrogens is 2. The zero-order valence-electron chi connectivity index (χ0n) is 29.4. The summed E-state index contributed by atoms with van der Waals surface area (Å²) >= 11 is 1.90. The minimum Gasteiger partial charge on any atom is -0.309 e. The van der Waals surface area contributed by atoms with Gasteiger partial charge in [0, 0.05) is 47.4 Å². The molecule has 51 heavy (non-hydrogen) atoms. The summed E-state index contributed by atoms with van der Waals surface area (Å²) in [6.07, 6.45) is 2.38. The van der Waals surface area contributed by atoms with Gasteiger partial charge in [-0.3, -0.25) is 0 Å². The van der Waals surface area contributed by atoms with Crippen molar-refractivity contribution in [1.82, 2.24) is 9.13 Å². The number of hydrogen-bond donors (Lipinski definition) is 0. The van der Waals surface area contributed by atoms with Gasteiger partial charge >= 0.3 is 0 Å². The molecule has 3 heterocycles. The molecule has 7 aromatic carbocycles. The van der Waals surface area contributed by atoms with Gasteiger partial charge in [-0.2, -0.15) is 0 Å². The van der Waals surface area contributed by atoms with E-state index in [1.807, 2.05) is 11.3 Å². The summed E-state index contributed by atoms with van der Waals surface area (Å²) in [5, 5.41) is 10.5. The van der Waals surface area contributed by atoms with E-state index < -0.39 is 0 Å². The van der Waals surface area contributed by atoms with Crippen LogP contribution < -0.4 is 0 Å². The molecular weight excluding hydrogens is 637 g/mol. The van der Waals surface area contributed by atoms with Crippen molar-refractivity contribution in [1.29, 1.82) is 0 Å². The summed E-state index contributed by atoms with van der Waals surface area (Å²) in [6, 6.07) is 50.4. The Morgan fingerprint density at radius 2 is 1.08 bits per heavy atom. The molecule has 1 aliphatic rings. The summed E-state index contributed by atoms with van der Waals surface area (Å²) in [6.45, 7) is 9.78. The maximum atomic E-state index is 2.61. The molecule has 0 saturated heterocycles. The Balaban J connectivity index is 1.38. The second-order valence-electron chi connectivity index (χ2n) is 16.0. The molecule has 0 aliphatic heterocycles.